The molecule has 0 aliphatic heterocycles. The highest BCUT2D eigenvalue weighted by Gasteiger charge is 2.50. The topological polar surface area (TPSA) is 0 Å². The van der Waals surface area contributed by atoms with Crippen LogP contribution in [0.4, 0.5) is 0 Å². The normalized spacial score (nSPS) is 48.5. The molecule has 2 rings (SSSR count). The molecule has 64 valence electrons. The van der Waals surface area contributed by atoms with E-state index >= 15 is 0 Å². The maximum Gasteiger partial charge on any atom is -0.0267 e. The minimum absolute atomic E-state index is 0.855. The third-order valence-electron chi connectivity index (χ3n) is 4.05. The molecule has 3 unspecified atom stereocenters. The zero-order valence-corrected chi connectivity index (χ0v) is 7.90. The van der Waals surface area contributed by atoms with Crippen molar-refractivity contribution in [2.45, 2.75) is 52.4 Å². The summed E-state index contributed by atoms with van der Waals surface area (Å²) in [6, 6.07) is 0. The Bertz CT molecular complexity index is 150. The van der Waals surface area contributed by atoms with E-state index in [2.05, 4.69) is 13.8 Å². The molecule has 2 fully saturated rings. The van der Waals surface area contributed by atoms with Crippen LogP contribution in [0.5, 0.6) is 0 Å². The van der Waals surface area contributed by atoms with Crippen LogP contribution in [0.2, 0.25) is 0 Å². The lowest BCUT2D eigenvalue weighted by Gasteiger charge is -2.45. The molecule has 11 heavy (non-hydrogen) atoms. The highest BCUT2D eigenvalue weighted by molar-refractivity contribution is 5.01. The van der Waals surface area contributed by atoms with Crippen molar-refractivity contribution in [2.75, 3.05) is 0 Å². The summed E-state index contributed by atoms with van der Waals surface area (Å²) in [5, 5.41) is 0. The highest BCUT2D eigenvalue weighted by Crippen LogP contribution is 2.61. The van der Waals surface area contributed by atoms with Gasteiger partial charge in [0.25, 0.3) is 0 Å². The lowest BCUT2D eigenvalue weighted by atomic mass is 9.60. The third kappa shape index (κ3) is 1.02. The van der Waals surface area contributed by atoms with Gasteiger partial charge in [0.15, 0.2) is 0 Å². The largest absolute Gasteiger partial charge is 0.0654 e. The summed E-state index contributed by atoms with van der Waals surface area (Å²) in [5.41, 5.74) is 0.855. The SMILES string of the molecule is CCCC12CCC1CC(C)C2. The van der Waals surface area contributed by atoms with Crippen LogP contribution in [-0.2, 0) is 0 Å². The Morgan fingerprint density at radius 3 is 2.73 bits per heavy atom. The van der Waals surface area contributed by atoms with E-state index in [4.69, 9.17) is 0 Å². The average Bonchev–Trinajstić information content (AvgIpc) is 2.15. The molecule has 0 amide bonds. The molecule has 0 heterocycles. The summed E-state index contributed by atoms with van der Waals surface area (Å²) in [4.78, 5) is 0. The van der Waals surface area contributed by atoms with Crippen molar-refractivity contribution >= 4 is 0 Å². The fourth-order valence-corrected chi connectivity index (χ4v) is 3.59. The molecule has 0 radical (unpaired) electrons. The first-order valence-electron chi connectivity index (χ1n) is 5.27. The minimum Gasteiger partial charge on any atom is -0.0654 e. The summed E-state index contributed by atoms with van der Waals surface area (Å²) >= 11 is 0. The van der Waals surface area contributed by atoms with Gasteiger partial charge in [0.1, 0.15) is 0 Å². The fraction of sp³-hybridized carbons (Fsp3) is 1.00. The van der Waals surface area contributed by atoms with Gasteiger partial charge in [0.05, 0.1) is 0 Å². The van der Waals surface area contributed by atoms with Crippen LogP contribution in [-0.4, -0.2) is 0 Å². The van der Waals surface area contributed by atoms with E-state index in [0.29, 0.717) is 0 Å². The average molecular weight is 152 g/mol. The van der Waals surface area contributed by atoms with Gasteiger partial charge in [-0.25, -0.2) is 0 Å². The Balaban J connectivity index is 2.02. The van der Waals surface area contributed by atoms with Crippen molar-refractivity contribution in [3.63, 3.8) is 0 Å². The number of fused-ring (bicyclic) bond motifs is 1. The molecule has 0 aromatic carbocycles. The zero-order valence-electron chi connectivity index (χ0n) is 7.90. The summed E-state index contributed by atoms with van der Waals surface area (Å²) < 4.78 is 0. The molecule has 3 atom stereocenters. The Kier molecular flexibility index (Phi) is 1.74. The Hall–Kier alpha value is 0. The van der Waals surface area contributed by atoms with Gasteiger partial charge in [0, 0.05) is 0 Å². The van der Waals surface area contributed by atoms with Crippen LogP contribution in [0.25, 0.3) is 0 Å². The smallest absolute Gasteiger partial charge is 0.0267 e. The van der Waals surface area contributed by atoms with Crippen LogP contribution >= 0.6 is 0 Å². The maximum absolute atomic E-state index is 2.44. The van der Waals surface area contributed by atoms with Crippen LogP contribution < -0.4 is 0 Å². The third-order valence-corrected chi connectivity index (χ3v) is 4.05. The van der Waals surface area contributed by atoms with Crippen molar-refractivity contribution in [1.29, 1.82) is 0 Å². The molecule has 0 aromatic rings. The van der Waals surface area contributed by atoms with Crippen LogP contribution in [0.3, 0.4) is 0 Å². The Labute approximate surface area is 70.4 Å². The number of rotatable bonds is 2. The van der Waals surface area contributed by atoms with Crippen molar-refractivity contribution in [3.8, 4) is 0 Å². The number of hydrogen-bond acceptors (Lipinski definition) is 0. The van der Waals surface area contributed by atoms with Crippen molar-refractivity contribution in [3.05, 3.63) is 0 Å². The van der Waals surface area contributed by atoms with E-state index in [1.807, 2.05) is 0 Å². The summed E-state index contributed by atoms with van der Waals surface area (Å²) in [7, 11) is 0. The van der Waals surface area contributed by atoms with Gasteiger partial charge in [-0.2, -0.15) is 0 Å². The fourth-order valence-electron chi connectivity index (χ4n) is 3.59. The first-order chi connectivity index (χ1) is 5.27. The van der Waals surface area contributed by atoms with Gasteiger partial charge in [-0.3, -0.25) is 0 Å². The van der Waals surface area contributed by atoms with E-state index in [1.165, 1.54) is 12.8 Å². The standard InChI is InChI=1S/C11H20/c1-3-5-11-6-4-10(11)7-9(2)8-11/h9-10H,3-8H2,1-2H3. The van der Waals surface area contributed by atoms with Gasteiger partial charge < -0.3 is 0 Å². The molecule has 0 heteroatoms. The molecular weight excluding hydrogens is 132 g/mol. The summed E-state index contributed by atoms with van der Waals surface area (Å²) in [6.07, 6.45) is 9.11. The van der Waals surface area contributed by atoms with Crippen molar-refractivity contribution in [2.24, 2.45) is 17.3 Å². The summed E-state index contributed by atoms with van der Waals surface area (Å²) in [5.74, 6) is 2.17. The van der Waals surface area contributed by atoms with Crippen molar-refractivity contribution < 1.29 is 0 Å². The first-order valence-corrected chi connectivity index (χ1v) is 5.27. The predicted molar refractivity (Wildman–Crippen MR) is 48.5 cm³/mol. The second kappa shape index (κ2) is 2.50. The first kappa shape index (κ1) is 7.64. The Morgan fingerprint density at radius 1 is 1.45 bits per heavy atom. The second-order valence-electron chi connectivity index (χ2n) is 4.89. The zero-order chi connectivity index (χ0) is 7.90. The second-order valence-corrected chi connectivity index (χ2v) is 4.89. The van der Waals surface area contributed by atoms with Crippen molar-refractivity contribution in [1.82, 2.24) is 0 Å². The van der Waals surface area contributed by atoms with Crippen LogP contribution in [0.1, 0.15) is 52.4 Å². The van der Waals surface area contributed by atoms with Gasteiger partial charge in [-0.05, 0) is 49.4 Å². The molecule has 2 aliphatic rings. The van der Waals surface area contributed by atoms with Gasteiger partial charge in [-0.1, -0.05) is 20.3 Å². The quantitative estimate of drug-likeness (QED) is 0.567. The monoisotopic (exact) mass is 152 g/mol. The molecule has 0 nitrogen and oxygen atoms in total. The lowest BCUT2D eigenvalue weighted by Crippen LogP contribution is -2.35. The Morgan fingerprint density at radius 2 is 2.27 bits per heavy atom. The minimum atomic E-state index is 0.855. The molecular formula is C11H20. The van der Waals surface area contributed by atoms with Gasteiger partial charge in [-0.15, -0.1) is 0 Å². The molecule has 0 bridgehead atoms. The molecule has 0 N–H and O–H groups in total. The van der Waals surface area contributed by atoms with E-state index in [9.17, 15) is 0 Å². The van der Waals surface area contributed by atoms with E-state index in [1.54, 1.807) is 25.7 Å². The predicted octanol–water partition coefficient (Wildman–Crippen LogP) is 3.61. The molecule has 0 saturated heterocycles. The molecule has 2 aliphatic carbocycles. The van der Waals surface area contributed by atoms with E-state index < -0.39 is 0 Å². The lowest BCUT2D eigenvalue weighted by molar-refractivity contribution is 0.0527. The molecule has 0 aromatic heterocycles. The van der Waals surface area contributed by atoms with Crippen LogP contribution in [0.15, 0.2) is 0 Å². The summed E-state index contributed by atoms with van der Waals surface area (Å²) in [6.45, 7) is 4.78. The van der Waals surface area contributed by atoms with E-state index in [-0.39, 0.29) is 0 Å². The van der Waals surface area contributed by atoms with E-state index in [0.717, 1.165) is 17.3 Å². The highest BCUT2D eigenvalue weighted by atomic mass is 14.6. The maximum atomic E-state index is 2.44. The van der Waals surface area contributed by atoms with Gasteiger partial charge >= 0.3 is 0 Å². The molecule has 0 spiro atoms. The van der Waals surface area contributed by atoms with Gasteiger partial charge in [0.2, 0.25) is 0 Å². The van der Waals surface area contributed by atoms with Crippen LogP contribution in [0, 0.1) is 17.3 Å². The molecule has 2 saturated carbocycles. The number of hydrogen-bond donors (Lipinski definition) is 0.